The number of H-pyrrole nitrogens is 1. The Morgan fingerprint density at radius 1 is 1.24 bits per heavy atom. The van der Waals surface area contributed by atoms with E-state index < -0.39 is 11.9 Å². The van der Waals surface area contributed by atoms with E-state index in [4.69, 9.17) is 15.6 Å². The van der Waals surface area contributed by atoms with Crippen molar-refractivity contribution in [3.8, 4) is 5.75 Å². The number of hydrogen-bond donors (Lipinski definition) is 5. The molecule has 2 amide bonds. The molecule has 172 valence electrons. The number of anilines is 1. The minimum Gasteiger partial charge on any atom is -0.482 e. The number of nitrogens with one attached hydrogen (secondary N) is 3. The molecule has 2 aliphatic rings. The minimum absolute atomic E-state index is 0.0265. The van der Waals surface area contributed by atoms with Crippen LogP contribution in [0.5, 0.6) is 5.75 Å². The number of carboxylic acids is 1. The van der Waals surface area contributed by atoms with Gasteiger partial charge in [-0.05, 0) is 30.5 Å². The Hall–Kier alpha value is -3.99. The van der Waals surface area contributed by atoms with E-state index in [1.165, 1.54) is 31.9 Å². The van der Waals surface area contributed by atoms with Crippen molar-refractivity contribution in [1.29, 1.82) is 0 Å². The number of nitrogens with two attached hydrogens (primary N) is 1. The van der Waals surface area contributed by atoms with Crippen molar-refractivity contribution in [2.45, 2.75) is 38.3 Å². The Morgan fingerprint density at radius 3 is 2.73 bits per heavy atom. The number of aromatic amines is 1. The summed E-state index contributed by atoms with van der Waals surface area (Å²) in [4.78, 5) is 45.7. The molecular weight excluding hydrogens is 428 g/mol. The van der Waals surface area contributed by atoms with Crippen LogP contribution >= 0.6 is 0 Å². The van der Waals surface area contributed by atoms with Gasteiger partial charge in [-0.15, -0.1) is 0 Å². The molecule has 1 aliphatic carbocycles. The second-order valence-electron chi connectivity index (χ2n) is 7.85. The fourth-order valence-corrected chi connectivity index (χ4v) is 3.74. The number of nitrogens with zero attached hydrogens (tertiary/aromatic N) is 2. The van der Waals surface area contributed by atoms with Gasteiger partial charge >= 0.3 is 5.97 Å². The third-order valence-corrected chi connectivity index (χ3v) is 5.44. The molecule has 11 nitrogen and oxygen atoms in total. The van der Waals surface area contributed by atoms with Crippen molar-refractivity contribution in [1.82, 2.24) is 20.3 Å². The van der Waals surface area contributed by atoms with Gasteiger partial charge in [-0.25, -0.2) is 14.8 Å². The summed E-state index contributed by atoms with van der Waals surface area (Å²) in [7, 11) is 0. The first-order valence-electron chi connectivity index (χ1n) is 10.6. The lowest BCUT2D eigenvalue weighted by molar-refractivity contribution is -0.118. The zero-order valence-electron chi connectivity index (χ0n) is 17.8. The summed E-state index contributed by atoms with van der Waals surface area (Å²) in [6.45, 7) is 0.154. The molecule has 0 spiro atoms. The van der Waals surface area contributed by atoms with Crippen molar-refractivity contribution < 1.29 is 24.2 Å². The van der Waals surface area contributed by atoms with Crippen LogP contribution in [-0.4, -0.2) is 50.5 Å². The predicted molar refractivity (Wildman–Crippen MR) is 119 cm³/mol. The number of carbonyl (C=O) groups excluding carboxylic acids is 2. The number of ether oxygens (including phenoxy) is 1. The van der Waals surface area contributed by atoms with Gasteiger partial charge in [-0.3, -0.25) is 9.59 Å². The highest BCUT2D eigenvalue weighted by atomic mass is 16.5. The van der Waals surface area contributed by atoms with Crippen LogP contribution in [0.2, 0.25) is 0 Å². The summed E-state index contributed by atoms with van der Waals surface area (Å²) in [5, 5.41) is 14.6. The average molecular weight is 452 g/mol. The number of benzene rings is 1. The van der Waals surface area contributed by atoms with Crippen LogP contribution in [0.1, 0.15) is 52.1 Å². The first kappa shape index (κ1) is 22.2. The predicted octanol–water partition coefficient (Wildman–Crippen LogP) is 1.80. The molecule has 11 heteroatoms. The molecule has 0 atom stereocenters. The molecular formula is C22H24N6O5. The first-order chi connectivity index (χ1) is 15.9. The molecule has 0 radical (unpaired) electrons. The molecule has 0 unspecified atom stereocenters. The summed E-state index contributed by atoms with van der Waals surface area (Å²) >= 11 is 0. The Morgan fingerprint density at radius 2 is 2.03 bits per heavy atom. The average Bonchev–Trinajstić information content (AvgIpc) is 3.46. The molecule has 2 aromatic heterocycles. The number of aromatic carboxylic acids is 1. The maximum absolute atomic E-state index is 12.5. The second kappa shape index (κ2) is 9.65. The van der Waals surface area contributed by atoms with Gasteiger partial charge in [0.15, 0.2) is 12.3 Å². The van der Waals surface area contributed by atoms with Crippen LogP contribution in [0.3, 0.4) is 0 Å². The Balaban J connectivity index is 0.000000376. The van der Waals surface area contributed by atoms with Crippen molar-refractivity contribution in [3.63, 3.8) is 0 Å². The molecule has 0 saturated heterocycles. The van der Waals surface area contributed by atoms with E-state index in [0.717, 1.165) is 11.9 Å². The molecule has 5 rings (SSSR count). The van der Waals surface area contributed by atoms with Gasteiger partial charge in [0.2, 0.25) is 0 Å². The van der Waals surface area contributed by atoms with Crippen molar-refractivity contribution >= 4 is 34.5 Å². The van der Waals surface area contributed by atoms with Gasteiger partial charge in [0, 0.05) is 18.8 Å². The standard InChI is InChI=1S/C17H13N5O5.C5H11N/c23-12-6-27-11-2-1-8(3-10(11)22-12)4-19-16(24)15-14-13(20-7-21-15)9(5-18-14)17(25)26;6-5-3-1-2-4-5/h1-3,5,7,18H,4,6H2,(H,19,24)(H,22,23)(H,25,26);5H,1-4,6H2. The topological polar surface area (TPSA) is 172 Å². The van der Waals surface area contributed by atoms with Gasteiger partial charge in [-0.1, -0.05) is 18.9 Å². The quantitative estimate of drug-likeness (QED) is 0.398. The van der Waals surface area contributed by atoms with E-state index in [0.29, 0.717) is 17.5 Å². The third-order valence-electron chi connectivity index (χ3n) is 5.44. The molecule has 1 saturated carbocycles. The Labute approximate surface area is 188 Å². The van der Waals surface area contributed by atoms with Gasteiger partial charge < -0.3 is 31.2 Å². The molecule has 6 N–H and O–H groups in total. The number of aromatic nitrogens is 3. The maximum Gasteiger partial charge on any atom is 0.339 e. The van der Waals surface area contributed by atoms with Gasteiger partial charge in [-0.2, -0.15) is 0 Å². The van der Waals surface area contributed by atoms with E-state index in [2.05, 4.69) is 25.6 Å². The number of carbonyl (C=O) groups is 3. The summed E-state index contributed by atoms with van der Waals surface area (Å²) in [6, 6.07) is 5.73. The Bertz CT molecular complexity index is 1200. The smallest absolute Gasteiger partial charge is 0.339 e. The molecule has 1 aliphatic heterocycles. The number of carboxylic acid groups (broad SMARTS) is 1. The van der Waals surface area contributed by atoms with Crippen LogP contribution in [0.4, 0.5) is 5.69 Å². The molecule has 3 aromatic rings. The minimum atomic E-state index is -1.15. The van der Waals surface area contributed by atoms with Crippen molar-refractivity contribution in [2.24, 2.45) is 5.73 Å². The lowest BCUT2D eigenvalue weighted by atomic mass is 10.1. The lowest BCUT2D eigenvalue weighted by Gasteiger charge is -2.18. The summed E-state index contributed by atoms with van der Waals surface area (Å²) in [5.41, 5.74) is 7.24. The molecule has 1 aromatic carbocycles. The van der Waals surface area contributed by atoms with E-state index in [-0.39, 0.29) is 41.3 Å². The number of amides is 2. The SMILES string of the molecule is NC1CCCC1.O=C1COc2ccc(CNC(=O)c3ncnc4c(C(=O)O)c[nH]c34)cc2N1. The zero-order valence-corrected chi connectivity index (χ0v) is 17.8. The normalized spacial score (nSPS) is 15.1. The molecule has 1 fully saturated rings. The van der Waals surface area contributed by atoms with Crippen LogP contribution in [0.15, 0.2) is 30.7 Å². The monoisotopic (exact) mass is 452 g/mol. The van der Waals surface area contributed by atoms with Gasteiger partial charge in [0.05, 0.1) is 11.2 Å². The van der Waals surface area contributed by atoms with Crippen molar-refractivity contribution in [3.05, 3.63) is 47.5 Å². The van der Waals surface area contributed by atoms with Crippen LogP contribution < -0.4 is 21.1 Å². The van der Waals surface area contributed by atoms with Gasteiger partial charge in [0.1, 0.15) is 23.2 Å². The van der Waals surface area contributed by atoms with E-state index in [1.807, 2.05) is 0 Å². The molecule has 3 heterocycles. The van der Waals surface area contributed by atoms with Crippen LogP contribution in [0.25, 0.3) is 11.0 Å². The third kappa shape index (κ3) is 5.09. The largest absolute Gasteiger partial charge is 0.482 e. The van der Waals surface area contributed by atoms with Crippen molar-refractivity contribution in [2.75, 3.05) is 11.9 Å². The van der Waals surface area contributed by atoms with Crippen LogP contribution in [0, 0.1) is 0 Å². The summed E-state index contributed by atoms with van der Waals surface area (Å²) in [6.07, 6.45) is 7.66. The molecule has 33 heavy (non-hydrogen) atoms. The van der Waals surface area contributed by atoms with Gasteiger partial charge in [0.25, 0.3) is 11.8 Å². The lowest BCUT2D eigenvalue weighted by Crippen LogP contribution is -2.26. The summed E-state index contributed by atoms with van der Waals surface area (Å²) in [5.74, 6) is -1.31. The summed E-state index contributed by atoms with van der Waals surface area (Å²) < 4.78 is 5.29. The van der Waals surface area contributed by atoms with E-state index in [1.54, 1.807) is 18.2 Å². The highest BCUT2D eigenvalue weighted by Crippen LogP contribution is 2.28. The maximum atomic E-state index is 12.5. The Kier molecular flexibility index (Phi) is 6.50. The first-order valence-corrected chi connectivity index (χ1v) is 10.6. The highest BCUT2D eigenvalue weighted by Gasteiger charge is 2.20. The number of hydrogen-bond acceptors (Lipinski definition) is 7. The zero-order chi connectivity index (χ0) is 23.4. The second-order valence-corrected chi connectivity index (χ2v) is 7.85. The highest BCUT2D eigenvalue weighted by molar-refractivity contribution is 6.08. The number of rotatable bonds is 4. The van der Waals surface area contributed by atoms with E-state index in [9.17, 15) is 14.4 Å². The molecule has 0 bridgehead atoms. The fraction of sp³-hybridized carbons (Fsp3) is 0.318. The number of fused-ring (bicyclic) bond motifs is 2. The fourth-order valence-electron chi connectivity index (χ4n) is 3.74. The van der Waals surface area contributed by atoms with Crippen LogP contribution in [-0.2, 0) is 11.3 Å². The van der Waals surface area contributed by atoms with E-state index >= 15 is 0 Å².